The fourth-order valence-corrected chi connectivity index (χ4v) is 1.53. The molecule has 13 heavy (non-hydrogen) atoms. The lowest BCUT2D eigenvalue weighted by molar-refractivity contribution is 0.350. The average Bonchev–Trinajstić information content (AvgIpc) is 2.05. The van der Waals surface area contributed by atoms with Crippen LogP contribution in [-0.2, 0) is 0 Å². The Kier molecular flexibility index (Phi) is 7.29. The van der Waals surface area contributed by atoms with Crippen LogP contribution in [-0.4, -0.2) is 5.66 Å². The summed E-state index contributed by atoms with van der Waals surface area (Å²) in [5.41, 5.74) is 11.6. The summed E-state index contributed by atoms with van der Waals surface area (Å²) >= 11 is 0. The van der Waals surface area contributed by atoms with Crippen LogP contribution in [0.25, 0.3) is 0 Å². The minimum absolute atomic E-state index is 0.398. The lowest BCUT2D eigenvalue weighted by Crippen LogP contribution is -2.49. The topological polar surface area (TPSA) is 52.0 Å². The predicted molar refractivity (Wildman–Crippen MR) is 59.4 cm³/mol. The third-order valence-corrected chi connectivity index (χ3v) is 2.49. The van der Waals surface area contributed by atoms with Crippen LogP contribution in [0, 0.1) is 0 Å². The lowest BCUT2D eigenvalue weighted by Gasteiger charge is -2.24. The van der Waals surface area contributed by atoms with Crippen LogP contribution in [0.1, 0.15) is 65.2 Å². The van der Waals surface area contributed by atoms with Crippen molar-refractivity contribution in [3.8, 4) is 0 Å². The molecule has 2 heteroatoms. The van der Waals surface area contributed by atoms with Crippen LogP contribution in [0.15, 0.2) is 0 Å². The number of unbranched alkanes of at least 4 members (excludes halogenated alkanes) is 4. The van der Waals surface area contributed by atoms with Crippen molar-refractivity contribution in [3.05, 3.63) is 0 Å². The van der Waals surface area contributed by atoms with Crippen molar-refractivity contribution in [2.45, 2.75) is 70.9 Å². The van der Waals surface area contributed by atoms with Gasteiger partial charge in [-0.25, -0.2) is 0 Å². The first-order valence-electron chi connectivity index (χ1n) is 5.70. The second-order valence-electron chi connectivity index (χ2n) is 4.15. The van der Waals surface area contributed by atoms with Gasteiger partial charge in [0.15, 0.2) is 0 Å². The fraction of sp³-hybridized carbons (Fsp3) is 1.00. The summed E-state index contributed by atoms with van der Waals surface area (Å²) in [4.78, 5) is 0. The SMILES string of the molecule is CCCCCC(N)(N)CCCCC. The first-order valence-corrected chi connectivity index (χ1v) is 5.70. The summed E-state index contributed by atoms with van der Waals surface area (Å²) in [5.74, 6) is 0. The average molecular weight is 186 g/mol. The first-order chi connectivity index (χ1) is 6.12. The van der Waals surface area contributed by atoms with Crippen molar-refractivity contribution in [1.82, 2.24) is 0 Å². The van der Waals surface area contributed by atoms with E-state index in [1.54, 1.807) is 0 Å². The molecule has 0 heterocycles. The standard InChI is InChI=1S/C11H26N2/c1-3-5-7-9-11(12,13)10-8-6-4-2/h3-10,12-13H2,1-2H3. The van der Waals surface area contributed by atoms with E-state index in [-0.39, 0.29) is 0 Å². The summed E-state index contributed by atoms with van der Waals surface area (Å²) in [5, 5.41) is 0. The largest absolute Gasteiger partial charge is 0.313 e. The van der Waals surface area contributed by atoms with Crippen molar-refractivity contribution in [2.75, 3.05) is 0 Å². The summed E-state index contributed by atoms with van der Waals surface area (Å²) in [6.07, 6.45) is 9.30. The molecule has 0 spiro atoms. The normalized spacial score (nSPS) is 12.0. The highest BCUT2D eigenvalue weighted by molar-refractivity contribution is 4.76. The fourth-order valence-electron chi connectivity index (χ4n) is 1.53. The lowest BCUT2D eigenvalue weighted by atomic mass is 9.97. The molecule has 0 aliphatic heterocycles. The molecule has 0 fully saturated rings. The van der Waals surface area contributed by atoms with Gasteiger partial charge in [-0.2, -0.15) is 0 Å². The molecule has 80 valence electrons. The van der Waals surface area contributed by atoms with Gasteiger partial charge in [-0.1, -0.05) is 52.4 Å². The van der Waals surface area contributed by atoms with Crippen LogP contribution >= 0.6 is 0 Å². The molecule has 0 saturated carbocycles. The van der Waals surface area contributed by atoms with Crippen molar-refractivity contribution in [3.63, 3.8) is 0 Å². The summed E-state index contributed by atoms with van der Waals surface area (Å²) in [6.45, 7) is 4.40. The molecule has 0 bridgehead atoms. The van der Waals surface area contributed by atoms with Crippen LogP contribution in [0.3, 0.4) is 0 Å². The van der Waals surface area contributed by atoms with E-state index in [0.717, 1.165) is 12.8 Å². The second-order valence-corrected chi connectivity index (χ2v) is 4.15. The van der Waals surface area contributed by atoms with Gasteiger partial charge in [-0.15, -0.1) is 0 Å². The van der Waals surface area contributed by atoms with E-state index in [0.29, 0.717) is 0 Å². The third-order valence-electron chi connectivity index (χ3n) is 2.49. The minimum atomic E-state index is -0.398. The van der Waals surface area contributed by atoms with Crippen molar-refractivity contribution in [2.24, 2.45) is 11.5 Å². The molecule has 0 atom stereocenters. The Bertz CT molecular complexity index is 98.7. The Morgan fingerprint density at radius 1 is 0.769 bits per heavy atom. The van der Waals surface area contributed by atoms with E-state index >= 15 is 0 Å². The zero-order valence-electron chi connectivity index (χ0n) is 9.31. The highest BCUT2D eigenvalue weighted by atomic mass is 14.9. The van der Waals surface area contributed by atoms with Crippen molar-refractivity contribution >= 4 is 0 Å². The maximum absolute atomic E-state index is 5.98. The Balaban J connectivity index is 3.42. The molecule has 0 aliphatic rings. The molecule has 0 aromatic carbocycles. The van der Waals surface area contributed by atoms with E-state index in [1.165, 1.54) is 38.5 Å². The van der Waals surface area contributed by atoms with Gasteiger partial charge < -0.3 is 11.5 Å². The van der Waals surface area contributed by atoms with E-state index in [4.69, 9.17) is 11.5 Å². The van der Waals surface area contributed by atoms with E-state index in [1.807, 2.05) is 0 Å². The molecule has 0 rings (SSSR count). The van der Waals surface area contributed by atoms with Gasteiger partial charge >= 0.3 is 0 Å². The zero-order chi connectivity index (χ0) is 10.2. The Morgan fingerprint density at radius 3 is 1.46 bits per heavy atom. The molecule has 0 amide bonds. The van der Waals surface area contributed by atoms with Crippen molar-refractivity contribution < 1.29 is 0 Å². The molecule has 0 unspecified atom stereocenters. The monoisotopic (exact) mass is 186 g/mol. The zero-order valence-corrected chi connectivity index (χ0v) is 9.31. The third kappa shape index (κ3) is 8.26. The number of hydrogen-bond donors (Lipinski definition) is 2. The van der Waals surface area contributed by atoms with Gasteiger partial charge in [0.05, 0.1) is 5.66 Å². The Labute approximate surface area is 83.1 Å². The van der Waals surface area contributed by atoms with Crippen LogP contribution in [0.4, 0.5) is 0 Å². The highest BCUT2D eigenvalue weighted by Crippen LogP contribution is 2.14. The summed E-state index contributed by atoms with van der Waals surface area (Å²) < 4.78 is 0. The van der Waals surface area contributed by atoms with Crippen LogP contribution in [0.2, 0.25) is 0 Å². The van der Waals surface area contributed by atoms with E-state index < -0.39 is 5.66 Å². The maximum Gasteiger partial charge on any atom is 0.0636 e. The molecular formula is C11H26N2. The second kappa shape index (κ2) is 7.34. The predicted octanol–water partition coefficient (Wildman–Crippen LogP) is 2.76. The minimum Gasteiger partial charge on any atom is -0.313 e. The van der Waals surface area contributed by atoms with Gasteiger partial charge in [0, 0.05) is 0 Å². The maximum atomic E-state index is 5.98. The van der Waals surface area contributed by atoms with E-state index in [2.05, 4.69) is 13.8 Å². The Morgan fingerprint density at radius 2 is 1.15 bits per heavy atom. The molecule has 0 radical (unpaired) electrons. The molecule has 0 saturated heterocycles. The highest BCUT2D eigenvalue weighted by Gasteiger charge is 2.16. The van der Waals surface area contributed by atoms with Gasteiger partial charge in [0.2, 0.25) is 0 Å². The van der Waals surface area contributed by atoms with Gasteiger partial charge in [-0.3, -0.25) is 0 Å². The molecule has 0 aromatic rings. The Hall–Kier alpha value is -0.0800. The molecule has 0 aliphatic carbocycles. The van der Waals surface area contributed by atoms with Gasteiger partial charge in [0.25, 0.3) is 0 Å². The number of nitrogens with two attached hydrogens (primary N) is 2. The van der Waals surface area contributed by atoms with Crippen LogP contribution in [0.5, 0.6) is 0 Å². The number of hydrogen-bond acceptors (Lipinski definition) is 2. The summed E-state index contributed by atoms with van der Waals surface area (Å²) in [7, 11) is 0. The van der Waals surface area contributed by atoms with E-state index in [9.17, 15) is 0 Å². The quantitative estimate of drug-likeness (QED) is 0.452. The number of rotatable bonds is 8. The van der Waals surface area contributed by atoms with Gasteiger partial charge in [0.1, 0.15) is 0 Å². The molecule has 2 nitrogen and oxygen atoms in total. The van der Waals surface area contributed by atoms with Crippen molar-refractivity contribution in [1.29, 1.82) is 0 Å². The van der Waals surface area contributed by atoms with Crippen LogP contribution < -0.4 is 11.5 Å². The van der Waals surface area contributed by atoms with Gasteiger partial charge in [-0.05, 0) is 12.8 Å². The summed E-state index contributed by atoms with van der Waals surface area (Å²) in [6, 6.07) is 0. The first kappa shape index (κ1) is 12.9. The smallest absolute Gasteiger partial charge is 0.0636 e. The molecule has 0 aromatic heterocycles. The molecular weight excluding hydrogens is 160 g/mol. The molecule has 4 N–H and O–H groups in total.